The maximum absolute atomic E-state index is 2.46. The first-order valence-corrected chi connectivity index (χ1v) is 15.2. The van der Waals surface area contributed by atoms with E-state index in [-0.39, 0.29) is 0 Å². The van der Waals surface area contributed by atoms with Crippen molar-refractivity contribution in [1.29, 1.82) is 0 Å². The predicted octanol–water partition coefficient (Wildman–Crippen LogP) is 11.3. The fourth-order valence-corrected chi connectivity index (χ4v) is 7.68. The van der Waals surface area contributed by atoms with Gasteiger partial charge in [0.25, 0.3) is 0 Å². The molecule has 0 amide bonds. The Morgan fingerprint density at radius 1 is 0.273 bits per heavy atom. The lowest BCUT2D eigenvalue weighted by molar-refractivity contribution is 1.19. The third kappa shape index (κ3) is 3.09. The van der Waals surface area contributed by atoms with Crippen LogP contribution >= 0.6 is 0 Å². The lowest BCUT2D eigenvalue weighted by Gasteiger charge is -2.17. The third-order valence-electron chi connectivity index (χ3n) is 9.48. The van der Waals surface area contributed by atoms with E-state index in [0.29, 0.717) is 0 Å². The summed E-state index contributed by atoms with van der Waals surface area (Å²) in [4.78, 5) is 0. The number of hydrogen-bond donors (Lipinski definition) is 0. The fourth-order valence-electron chi connectivity index (χ4n) is 7.68. The number of aromatic nitrogens is 2. The second-order valence-electron chi connectivity index (χ2n) is 11.7. The smallest absolute Gasteiger partial charge is 0.0547 e. The molecule has 0 bridgehead atoms. The highest BCUT2D eigenvalue weighted by molar-refractivity contribution is 6.28. The van der Waals surface area contributed by atoms with E-state index in [9.17, 15) is 0 Å². The predicted molar refractivity (Wildman–Crippen MR) is 188 cm³/mol. The average Bonchev–Trinajstić information content (AvgIpc) is 3.61. The van der Waals surface area contributed by atoms with E-state index in [0.717, 1.165) is 0 Å². The van der Waals surface area contributed by atoms with Crippen LogP contribution in [0.1, 0.15) is 0 Å². The molecule has 0 spiro atoms. The molecule has 2 nitrogen and oxygen atoms in total. The largest absolute Gasteiger partial charge is 0.309 e. The van der Waals surface area contributed by atoms with Crippen LogP contribution in [0.5, 0.6) is 0 Å². The fraction of sp³-hybridized carbons (Fsp3) is 0. The van der Waals surface area contributed by atoms with Gasteiger partial charge in [0.05, 0.1) is 27.8 Å². The van der Waals surface area contributed by atoms with Crippen LogP contribution in [0.25, 0.3) is 87.3 Å². The minimum Gasteiger partial charge on any atom is -0.309 e. The Hall–Kier alpha value is -5.86. The first-order valence-electron chi connectivity index (χ1n) is 15.2. The molecule has 0 saturated heterocycles. The summed E-state index contributed by atoms with van der Waals surface area (Å²) in [6.07, 6.45) is 0. The van der Waals surface area contributed by atoms with E-state index in [2.05, 4.69) is 167 Å². The van der Waals surface area contributed by atoms with Gasteiger partial charge in [-0.05, 0) is 69.4 Å². The molecule has 0 unspecified atom stereocenters. The monoisotopic (exact) mass is 558 g/mol. The van der Waals surface area contributed by atoms with E-state index < -0.39 is 0 Å². The van der Waals surface area contributed by atoms with Crippen molar-refractivity contribution < 1.29 is 0 Å². The van der Waals surface area contributed by atoms with Crippen LogP contribution in [0.3, 0.4) is 0 Å². The second-order valence-corrected chi connectivity index (χ2v) is 11.7. The quantitative estimate of drug-likeness (QED) is 0.187. The lowest BCUT2D eigenvalue weighted by atomic mass is 9.93. The van der Waals surface area contributed by atoms with Gasteiger partial charge >= 0.3 is 0 Å². The van der Waals surface area contributed by atoms with E-state index in [4.69, 9.17) is 0 Å². The van der Waals surface area contributed by atoms with Crippen molar-refractivity contribution in [2.24, 2.45) is 0 Å². The Morgan fingerprint density at radius 3 is 1.23 bits per heavy atom. The molecule has 44 heavy (non-hydrogen) atoms. The van der Waals surface area contributed by atoms with Crippen molar-refractivity contribution in [2.75, 3.05) is 0 Å². The van der Waals surface area contributed by atoms with Crippen LogP contribution in [0, 0.1) is 0 Å². The van der Waals surface area contributed by atoms with Crippen molar-refractivity contribution in [1.82, 2.24) is 9.13 Å². The minimum atomic E-state index is 1.17. The topological polar surface area (TPSA) is 9.86 Å². The van der Waals surface area contributed by atoms with Crippen LogP contribution in [0.4, 0.5) is 0 Å². The van der Waals surface area contributed by atoms with Gasteiger partial charge in [0.2, 0.25) is 0 Å². The molecule has 0 N–H and O–H groups in total. The van der Waals surface area contributed by atoms with Gasteiger partial charge < -0.3 is 9.13 Å². The molecule has 0 radical (unpaired) electrons. The SMILES string of the molecule is c1ccc2c(c1)c1cc(-n3c4ccccc4c4ccccc43)ccc1c1c(-n3c4ccccc4c4ccccc43)cccc21. The highest BCUT2D eigenvalue weighted by Crippen LogP contribution is 2.42. The van der Waals surface area contributed by atoms with E-state index >= 15 is 0 Å². The molecule has 0 aliphatic carbocycles. The van der Waals surface area contributed by atoms with Gasteiger partial charge in [-0.3, -0.25) is 0 Å². The molecular formula is C42H26N2. The van der Waals surface area contributed by atoms with Gasteiger partial charge in [-0.1, -0.05) is 115 Å². The van der Waals surface area contributed by atoms with Gasteiger partial charge in [0.1, 0.15) is 0 Å². The standard InChI is InChI=1S/C42H26N2/c1-2-13-29-28(12-1)34-18-11-23-41(44-39-21-9-5-16-32(39)33-17-6-10-22-40(33)44)42(34)35-25-24-27(26-36(29)35)43-37-19-7-3-14-30(37)31-15-4-8-20-38(31)43/h1-26H. The molecule has 0 saturated carbocycles. The maximum atomic E-state index is 2.46. The number of benzene rings is 8. The Balaban J connectivity index is 1.37. The van der Waals surface area contributed by atoms with Crippen molar-refractivity contribution in [3.63, 3.8) is 0 Å². The molecule has 0 fully saturated rings. The summed E-state index contributed by atoms with van der Waals surface area (Å²) in [5.41, 5.74) is 7.29. The summed E-state index contributed by atoms with van der Waals surface area (Å²) in [5.74, 6) is 0. The number of fused-ring (bicyclic) bond motifs is 12. The van der Waals surface area contributed by atoms with Crippen LogP contribution in [0.15, 0.2) is 158 Å². The van der Waals surface area contributed by atoms with Crippen molar-refractivity contribution in [2.45, 2.75) is 0 Å². The molecule has 2 heterocycles. The van der Waals surface area contributed by atoms with Crippen molar-refractivity contribution >= 4 is 75.9 Å². The summed E-state index contributed by atoms with van der Waals surface area (Å²) >= 11 is 0. The van der Waals surface area contributed by atoms with Crippen LogP contribution in [-0.2, 0) is 0 Å². The van der Waals surface area contributed by atoms with Gasteiger partial charge in [-0.2, -0.15) is 0 Å². The van der Waals surface area contributed by atoms with Gasteiger partial charge in [-0.15, -0.1) is 0 Å². The van der Waals surface area contributed by atoms with E-state index in [1.807, 2.05) is 0 Å². The van der Waals surface area contributed by atoms with Crippen molar-refractivity contribution in [3.8, 4) is 11.4 Å². The number of nitrogens with zero attached hydrogens (tertiary/aromatic N) is 2. The first kappa shape index (κ1) is 23.7. The Morgan fingerprint density at radius 2 is 0.682 bits per heavy atom. The molecule has 0 aliphatic rings. The van der Waals surface area contributed by atoms with E-state index in [1.165, 1.54) is 87.3 Å². The number of hydrogen-bond acceptors (Lipinski definition) is 0. The molecule has 0 aliphatic heterocycles. The summed E-state index contributed by atoms with van der Waals surface area (Å²) in [6, 6.07) is 57.8. The first-order chi connectivity index (χ1) is 21.9. The molecule has 10 aromatic rings. The highest BCUT2D eigenvalue weighted by Gasteiger charge is 2.18. The minimum absolute atomic E-state index is 1.17. The second kappa shape index (κ2) is 8.82. The zero-order valence-corrected chi connectivity index (χ0v) is 23.9. The van der Waals surface area contributed by atoms with Crippen LogP contribution in [-0.4, -0.2) is 9.13 Å². The molecule has 2 heteroatoms. The normalized spacial score (nSPS) is 12.1. The highest BCUT2D eigenvalue weighted by atomic mass is 15.0. The van der Waals surface area contributed by atoms with E-state index in [1.54, 1.807) is 0 Å². The van der Waals surface area contributed by atoms with Gasteiger partial charge in [-0.25, -0.2) is 0 Å². The molecule has 8 aromatic carbocycles. The summed E-state index contributed by atoms with van der Waals surface area (Å²) < 4.78 is 4.88. The molecule has 0 atom stereocenters. The Bertz CT molecular complexity index is 2650. The van der Waals surface area contributed by atoms with Crippen molar-refractivity contribution in [3.05, 3.63) is 158 Å². The Labute approximate surface area is 253 Å². The number of para-hydroxylation sites is 4. The third-order valence-corrected chi connectivity index (χ3v) is 9.48. The summed E-state index contributed by atoms with van der Waals surface area (Å²) in [5, 5.41) is 12.7. The van der Waals surface area contributed by atoms with Crippen LogP contribution in [0.2, 0.25) is 0 Å². The van der Waals surface area contributed by atoms with Crippen LogP contribution < -0.4 is 0 Å². The molecule has 2 aromatic heterocycles. The Kier molecular flexibility index (Phi) is 4.75. The zero-order valence-electron chi connectivity index (χ0n) is 23.9. The maximum Gasteiger partial charge on any atom is 0.0547 e. The summed E-state index contributed by atoms with van der Waals surface area (Å²) in [7, 11) is 0. The number of rotatable bonds is 2. The van der Waals surface area contributed by atoms with Gasteiger partial charge in [0, 0.05) is 32.6 Å². The molecular weight excluding hydrogens is 532 g/mol. The zero-order chi connectivity index (χ0) is 28.8. The van der Waals surface area contributed by atoms with Gasteiger partial charge in [0.15, 0.2) is 0 Å². The molecule has 10 rings (SSSR count). The lowest BCUT2D eigenvalue weighted by Crippen LogP contribution is -1.98. The molecule has 204 valence electrons. The average molecular weight is 559 g/mol. The summed E-state index contributed by atoms with van der Waals surface area (Å²) in [6.45, 7) is 0.